The molecule has 1 aromatic carbocycles. The number of anilines is 1. The van der Waals surface area contributed by atoms with Crippen molar-refractivity contribution in [1.29, 1.82) is 0 Å². The van der Waals surface area contributed by atoms with Crippen LogP contribution in [0.15, 0.2) is 18.2 Å². The maximum Gasteiger partial charge on any atom is 0.321 e. The Morgan fingerprint density at radius 1 is 0.897 bits per heavy atom. The summed E-state index contributed by atoms with van der Waals surface area (Å²) in [6.45, 7) is 5.55. The smallest absolute Gasteiger partial charge is 0.321 e. The number of carbonyl (C=O) groups is 2. The average Bonchev–Trinajstić information content (AvgIpc) is 2.75. The summed E-state index contributed by atoms with van der Waals surface area (Å²) in [5.41, 5.74) is 3.32. The van der Waals surface area contributed by atoms with Crippen molar-refractivity contribution in [3.05, 3.63) is 29.3 Å². The highest BCUT2D eigenvalue weighted by Gasteiger charge is 2.25. The number of nitrogens with one attached hydrogen (secondary N) is 3. The zero-order valence-corrected chi connectivity index (χ0v) is 17.9. The summed E-state index contributed by atoms with van der Waals surface area (Å²) in [4.78, 5) is 26.9. The first kappa shape index (κ1) is 21.5. The molecule has 1 saturated carbocycles. The van der Waals surface area contributed by atoms with Crippen LogP contribution in [-0.2, 0) is 12.8 Å². The van der Waals surface area contributed by atoms with Crippen molar-refractivity contribution in [2.24, 2.45) is 0 Å². The number of likely N-dealkylation sites (tertiary alicyclic amines) is 1. The third-order valence-electron chi connectivity index (χ3n) is 6.29. The average molecular weight is 401 g/mol. The van der Waals surface area contributed by atoms with E-state index in [1.54, 1.807) is 0 Å². The van der Waals surface area contributed by atoms with E-state index in [0.717, 1.165) is 44.2 Å². The Morgan fingerprint density at radius 2 is 1.45 bits per heavy atom. The lowest BCUT2D eigenvalue weighted by Crippen LogP contribution is -2.51. The largest absolute Gasteiger partial charge is 0.335 e. The number of benzene rings is 1. The van der Waals surface area contributed by atoms with Crippen molar-refractivity contribution in [1.82, 2.24) is 15.5 Å². The number of carbonyl (C=O) groups excluding carboxylic acids is 2. The predicted molar refractivity (Wildman–Crippen MR) is 117 cm³/mol. The molecule has 0 aromatic heterocycles. The van der Waals surface area contributed by atoms with E-state index in [9.17, 15) is 9.59 Å². The first-order valence-electron chi connectivity index (χ1n) is 11.3. The maximum absolute atomic E-state index is 12.8. The van der Waals surface area contributed by atoms with Gasteiger partial charge < -0.3 is 20.9 Å². The number of amides is 4. The number of urea groups is 2. The molecular formula is C23H36N4O2. The zero-order valence-electron chi connectivity index (χ0n) is 17.9. The highest BCUT2D eigenvalue weighted by atomic mass is 16.2. The van der Waals surface area contributed by atoms with Gasteiger partial charge in [0.1, 0.15) is 0 Å². The van der Waals surface area contributed by atoms with Crippen LogP contribution in [0.5, 0.6) is 0 Å². The topological polar surface area (TPSA) is 73.5 Å². The fourth-order valence-electron chi connectivity index (χ4n) is 4.48. The Bertz CT molecular complexity index is 670. The van der Waals surface area contributed by atoms with Crippen molar-refractivity contribution in [3.63, 3.8) is 0 Å². The summed E-state index contributed by atoms with van der Waals surface area (Å²) in [5.74, 6) is 0. The molecule has 1 aliphatic heterocycles. The quantitative estimate of drug-likeness (QED) is 0.684. The fraction of sp³-hybridized carbons (Fsp3) is 0.652. The van der Waals surface area contributed by atoms with Crippen molar-refractivity contribution in [2.45, 2.75) is 83.7 Å². The van der Waals surface area contributed by atoms with Gasteiger partial charge in [0, 0.05) is 30.9 Å². The lowest BCUT2D eigenvalue weighted by Gasteiger charge is -2.33. The van der Waals surface area contributed by atoms with E-state index in [1.807, 2.05) is 4.90 Å². The van der Waals surface area contributed by atoms with Gasteiger partial charge in [-0.3, -0.25) is 0 Å². The lowest BCUT2D eigenvalue weighted by atomic mass is 9.96. The molecule has 3 N–H and O–H groups in total. The molecular weight excluding hydrogens is 364 g/mol. The monoisotopic (exact) mass is 400 g/mol. The molecule has 0 unspecified atom stereocenters. The zero-order chi connectivity index (χ0) is 20.6. The number of para-hydroxylation sites is 1. The van der Waals surface area contributed by atoms with Crippen LogP contribution in [0.4, 0.5) is 15.3 Å². The van der Waals surface area contributed by atoms with Gasteiger partial charge in [0.2, 0.25) is 0 Å². The van der Waals surface area contributed by atoms with Crippen LogP contribution in [0, 0.1) is 0 Å². The molecule has 1 heterocycles. The number of hydrogen-bond acceptors (Lipinski definition) is 2. The number of rotatable bonds is 5. The second-order valence-electron chi connectivity index (χ2n) is 8.30. The maximum atomic E-state index is 12.8. The molecule has 160 valence electrons. The summed E-state index contributed by atoms with van der Waals surface area (Å²) in [5, 5.41) is 9.37. The number of aryl methyl sites for hydroxylation is 2. The first-order chi connectivity index (χ1) is 14.1. The van der Waals surface area contributed by atoms with Crippen LogP contribution < -0.4 is 16.0 Å². The standard InChI is InChI=1S/C23H36N4O2/c1-3-17-9-8-10-18(4-2)21(17)26-23(29)27-15-13-20(14-16-27)25-22(28)24-19-11-6-5-7-12-19/h8-10,19-20H,3-7,11-16H2,1-2H3,(H,26,29)(H2,24,25,28). The summed E-state index contributed by atoms with van der Waals surface area (Å²) in [6, 6.07) is 6.59. The van der Waals surface area contributed by atoms with Gasteiger partial charge in [0.05, 0.1) is 0 Å². The van der Waals surface area contributed by atoms with E-state index in [2.05, 4.69) is 48.0 Å². The Morgan fingerprint density at radius 3 is 2.00 bits per heavy atom. The van der Waals surface area contributed by atoms with Crippen LogP contribution in [0.25, 0.3) is 0 Å². The van der Waals surface area contributed by atoms with Crippen LogP contribution in [0.2, 0.25) is 0 Å². The van der Waals surface area contributed by atoms with Gasteiger partial charge in [-0.25, -0.2) is 9.59 Å². The summed E-state index contributed by atoms with van der Waals surface area (Å²) < 4.78 is 0. The molecule has 3 rings (SSSR count). The van der Waals surface area contributed by atoms with Gasteiger partial charge >= 0.3 is 12.1 Å². The highest BCUT2D eigenvalue weighted by Crippen LogP contribution is 2.24. The summed E-state index contributed by atoms with van der Waals surface area (Å²) >= 11 is 0. The van der Waals surface area contributed by atoms with Gasteiger partial charge in [-0.15, -0.1) is 0 Å². The minimum Gasteiger partial charge on any atom is -0.335 e. The third kappa shape index (κ3) is 5.87. The fourth-order valence-corrected chi connectivity index (χ4v) is 4.48. The number of nitrogens with zero attached hydrogens (tertiary/aromatic N) is 1. The minimum absolute atomic E-state index is 0.0364. The van der Waals surface area contributed by atoms with E-state index < -0.39 is 0 Å². The van der Waals surface area contributed by atoms with Crippen LogP contribution >= 0.6 is 0 Å². The molecule has 1 aromatic rings. The van der Waals surface area contributed by atoms with Crippen molar-refractivity contribution in [2.75, 3.05) is 18.4 Å². The van der Waals surface area contributed by atoms with E-state index in [4.69, 9.17) is 0 Å². The molecule has 0 spiro atoms. The lowest BCUT2D eigenvalue weighted by molar-refractivity contribution is 0.186. The molecule has 0 atom stereocenters. The van der Waals surface area contributed by atoms with Crippen molar-refractivity contribution < 1.29 is 9.59 Å². The second-order valence-corrected chi connectivity index (χ2v) is 8.30. The van der Waals surface area contributed by atoms with Crippen LogP contribution in [0.1, 0.15) is 69.9 Å². The minimum atomic E-state index is -0.0516. The van der Waals surface area contributed by atoms with E-state index in [1.165, 1.54) is 30.4 Å². The molecule has 0 radical (unpaired) electrons. The third-order valence-corrected chi connectivity index (χ3v) is 6.29. The Hall–Kier alpha value is -2.24. The molecule has 6 heteroatoms. The Kier molecular flexibility index (Phi) is 7.78. The number of hydrogen-bond donors (Lipinski definition) is 3. The SMILES string of the molecule is CCc1cccc(CC)c1NC(=O)N1CCC(NC(=O)NC2CCCCC2)CC1. The molecule has 6 nitrogen and oxygen atoms in total. The summed E-state index contributed by atoms with van der Waals surface area (Å²) in [7, 11) is 0. The molecule has 1 saturated heterocycles. The first-order valence-corrected chi connectivity index (χ1v) is 11.3. The van der Waals surface area contributed by atoms with Gasteiger partial charge in [0.25, 0.3) is 0 Å². The molecule has 29 heavy (non-hydrogen) atoms. The van der Waals surface area contributed by atoms with Gasteiger partial charge in [0.15, 0.2) is 0 Å². The molecule has 2 aliphatic rings. The Labute approximate surface area is 174 Å². The van der Waals surface area contributed by atoms with E-state index in [-0.39, 0.29) is 18.1 Å². The normalized spacial score (nSPS) is 18.3. The van der Waals surface area contributed by atoms with E-state index >= 15 is 0 Å². The molecule has 0 bridgehead atoms. The molecule has 2 fully saturated rings. The predicted octanol–water partition coefficient (Wildman–Crippen LogP) is 4.44. The molecule has 1 aliphatic carbocycles. The van der Waals surface area contributed by atoms with Crippen molar-refractivity contribution >= 4 is 17.7 Å². The summed E-state index contributed by atoms with van der Waals surface area (Å²) in [6.07, 6.45) is 9.25. The van der Waals surface area contributed by atoms with Crippen LogP contribution in [-0.4, -0.2) is 42.1 Å². The highest BCUT2D eigenvalue weighted by molar-refractivity contribution is 5.91. The second kappa shape index (κ2) is 10.5. The van der Waals surface area contributed by atoms with E-state index in [0.29, 0.717) is 19.1 Å². The van der Waals surface area contributed by atoms with Gasteiger partial charge in [-0.1, -0.05) is 51.3 Å². The van der Waals surface area contributed by atoms with Crippen LogP contribution in [0.3, 0.4) is 0 Å². The van der Waals surface area contributed by atoms with Gasteiger partial charge in [-0.05, 0) is 49.7 Å². The Balaban J connectivity index is 1.47. The molecule has 4 amide bonds. The number of piperidine rings is 1. The van der Waals surface area contributed by atoms with Gasteiger partial charge in [-0.2, -0.15) is 0 Å². The van der Waals surface area contributed by atoms with Crippen molar-refractivity contribution in [3.8, 4) is 0 Å².